The quantitative estimate of drug-likeness (QED) is 0.470. The Balaban J connectivity index is 0. The zero-order valence-corrected chi connectivity index (χ0v) is 14.3. The van der Waals surface area contributed by atoms with Gasteiger partial charge in [-0.05, 0) is 13.0 Å². The van der Waals surface area contributed by atoms with Gasteiger partial charge in [0.25, 0.3) is 0 Å². The predicted octanol–water partition coefficient (Wildman–Crippen LogP) is 6.31. The van der Waals surface area contributed by atoms with Gasteiger partial charge in [0, 0.05) is 18.0 Å². The summed E-state index contributed by atoms with van der Waals surface area (Å²) >= 11 is 0. The molecule has 1 aromatic rings. The van der Waals surface area contributed by atoms with E-state index in [-0.39, 0.29) is 0 Å². The first-order chi connectivity index (χ1) is 10.3. The van der Waals surface area contributed by atoms with Crippen molar-refractivity contribution in [2.75, 3.05) is 0 Å². The van der Waals surface area contributed by atoms with E-state index >= 15 is 0 Å². The number of carbonyl (C=O) groups excluding carboxylic acids is 1. The lowest BCUT2D eigenvalue weighted by molar-refractivity contribution is -0.138. The number of Topliss-reactive ketones (excluding diaryl/α,β-unsaturated/α-hetero) is 1. The number of aromatic nitrogens is 1. The van der Waals surface area contributed by atoms with Gasteiger partial charge in [-0.3, -0.25) is 9.78 Å². The van der Waals surface area contributed by atoms with E-state index in [2.05, 4.69) is 18.8 Å². The van der Waals surface area contributed by atoms with Gasteiger partial charge in [0.05, 0.1) is 5.56 Å². The smallest absolute Gasteiger partial charge is 0.294 e. The summed E-state index contributed by atoms with van der Waals surface area (Å²) in [5.74, 6) is -0.638. The zero-order valence-electron chi connectivity index (χ0n) is 14.3. The molecule has 0 aliphatic rings. The van der Waals surface area contributed by atoms with Crippen LogP contribution in [0.1, 0.15) is 82.6 Å². The van der Waals surface area contributed by atoms with Crippen molar-refractivity contribution in [2.24, 2.45) is 0 Å². The summed E-state index contributed by atoms with van der Waals surface area (Å²) in [6.45, 7) is 9.57. The van der Waals surface area contributed by atoms with Crippen molar-refractivity contribution in [3.8, 4) is 0 Å². The van der Waals surface area contributed by atoms with E-state index in [1.807, 2.05) is 13.8 Å². The van der Waals surface area contributed by atoms with Crippen LogP contribution in [-0.2, 0) is 6.18 Å². The summed E-state index contributed by atoms with van der Waals surface area (Å²) in [6.07, 6.45) is 4.44. The lowest BCUT2D eigenvalue weighted by Crippen LogP contribution is -2.11. The van der Waals surface area contributed by atoms with Gasteiger partial charge in [-0.2, -0.15) is 13.2 Å². The van der Waals surface area contributed by atoms with Gasteiger partial charge >= 0.3 is 6.18 Å². The van der Waals surface area contributed by atoms with Crippen LogP contribution in [0.5, 0.6) is 0 Å². The number of nitrogens with zero attached hydrogens (tertiary/aromatic N) is 1. The number of hydrogen-bond acceptors (Lipinski definition) is 2. The summed E-state index contributed by atoms with van der Waals surface area (Å²) < 4.78 is 36.7. The Morgan fingerprint density at radius 1 is 1.09 bits per heavy atom. The van der Waals surface area contributed by atoms with Crippen molar-refractivity contribution in [3.05, 3.63) is 29.6 Å². The SMILES string of the molecule is CC.CC(=O)c1cnccc1C(F)(F)F.CCCCCCC. The maximum atomic E-state index is 12.2. The third kappa shape index (κ3) is 10.4. The van der Waals surface area contributed by atoms with Gasteiger partial charge in [-0.1, -0.05) is 59.8 Å². The van der Waals surface area contributed by atoms with Crippen LogP contribution in [0.25, 0.3) is 0 Å². The first-order valence-corrected chi connectivity index (χ1v) is 7.86. The molecule has 0 saturated carbocycles. The van der Waals surface area contributed by atoms with E-state index in [0.29, 0.717) is 0 Å². The van der Waals surface area contributed by atoms with Crippen LogP contribution in [0.2, 0.25) is 0 Å². The van der Waals surface area contributed by atoms with Crippen molar-refractivity contribution in [3.63, 3.8) is 0 Å². The van der Waals surface area contributed by atoms with Crippen LogP contribution in [0.15, 0.2) is 18.5 Å². The highest BCUT2D eigenvalue weighted by molar-refractivity contribution is 5.95. The fourth-order valence-electron chi connectivity index (χ4n) is 1.60. The average molecular weight is 319 g/mol. The molecule has 0 saturated heterocycles. The molecule has 0 aliphatic heterocycles. The summed E-state index contributed by atoms with van der Waals surface area (Å²) in [5.41, 5.74) is -1.33. The molecule has 5 heteroatoms. The third-order valence-corrected chi connectivity index (χ3v) is 2.71. The Labute approximate surface area is 132 Å². The number of halogens is 3. The van der Waals surface area contributed by atoms with Crippen LogP contribution in [0.3, 0.4) is 0 Å². The molecule has 22 heavy (non-hydrogen) atoms. The van der Waals surface area contributed by atoms with E-state index in [1.54, 1.807) is 0 Å². The minimum absolute atomic E-state index is 0.394. The van der Waals surface area contributed by atoms with Gasteiger partial charge in [0.1, 0.15) is 0 Å². The van der Waals surface area contributed by atoms with Crippen molar-refractivity contribution >= 4 is 5.78 Å². The van der Waals surface area contributed by atoms with Gasteiger partial charge in [-0.15, -0.1) is 0 Å². The molecule has 0 unspecified atom stereocenters. The van der Waals surface area contributed by atoms with Crippen LogP contribution >= 0.6 is 0 Å². The Bertz CT molecular complexity index is 399. The number of hydrogen-bond donors (Lipinski definition) is 0. The number of unbranched alkanes of at least 4 members (excludes halogenated alkanes) is 4. The van der Waals surface area contributed by atoms with E-state index in [0.717, 1.165) is 25.4 Å². The fourth-order valence-corrected chi connectivity index (χ4v) is 1.60. The molecular formula is C17H28F3NO. The van der Waals surface area contributed by atoms with Gasteiger partial charge in [0.2, 0.25) is 0 Å². The van der Waals surface area contributed by atoms with Gasteiger partial charge in [-0.25, -0.2) is 0 Å². The lowest BCUT2D eigenvalue weighted by atomic mass is 10.1. The number of pyridine rings is 1. The number of alkyl halides is 3. The Morgan fingerprint density at radius 3 is 1.91 bits per heavy atom. The standard InChI is InChI=1S/C8H6F3NO.C7H16.C2H6/c1-5(13)6-4-12-3-2-7(6)8(9,10)11;1-3-5-7-6-4-2;1-2/h2-4H,1H3;3-7H2,1-2H3;1-2H3. The molecule has 0 aromatic carbocycles. The average Bonchev–Trinajstić information content (AvgIpc) is 2.49. The molecule has 0 radical (unpaired) electrons. The third-order valence-electron chi connectivity index (χ3n) is 2.71. The molecule has 1 rings (SSSR count). The van der Waals surface area contributed by atoms with Crippen molar-refractivity contribution in [1.82, 2.24) is 4.98 Å². The summed E-state index contributed by atoms with van der Waals surface area (Å²) in [6, 6.07) is 0.788. The molecule has 0 fully saturated rings. The molecule has 1 aromatic heterocycles. The topological polar surface area (TPSA) is 30.0 Å². The monoisotopic (exact) mass is 319 g/mol. The summed E-state index contributed by atoms with van der Waals surface area (Å²) in [7, 11) is 0. The van der Waals surface area contributed by atoms with Crippen molar-refractivity contribution < 1.29 is 18.0 Å². The Kier molecular flexibility index (Phi) is 13.8. The number of rotatable bonds is 5. The predicted molar refractivity (Wildman–Crippen MR) is 85.0 cm³/mol. The van der Waals surface area contributed by atoms with Crippen molar-refractivity contribution in [2.45, 2.75) is 72.9 Å². The molecule has 0 aliphatic carbocycles. The molecule has 128 valence electrons. The van der Waals surface area contributed by atoms with Crippen LogP contribution in [0.4, 0.5) is 13.2 Å². The highest BCUT2D eigenvalue weighted by Crippen LogP contribution is 2.31. The van der Waals surface area contributed by atoms with E-state index in [4.69, 9.17) is 0 Å². The minimum atomic E-state index is -4.50. The Hall–Kier alpha value is -1.39. The molecule has 0 atom stereocenters. The number of carbonyl (C=O) groups is 1. The molecule has 1 heterocycles. The number of ketones is 1. The molecule has 0 amide bonds. The van der Waals surface area contributed by atoms with Crippen LogP contribution < -0.4 is 0 Å². The second-order valence-corrected chi connectivity index (χ2v) is 4.54. The Morgan fingerprint density at radius 2 is 1.59 bits per heavy atom. The second kappa shape index (κ2) is 13.3. The molecular weight excluding hydrogens is 291 g/mol. The fraction of sp³-hybridized carbons (Fsp3) is 0.647. The van der Waals surface area contributed by atoms with E-state index in [9.17, 15) is 18.0 Å². The van der Waals surface area contributed by atoms with E-state index in [1.165, 1.54) is 32.1 Å². The summed E-state index contributed by atoms with van der Waals surface area (Å²) in [5, 5.41) is 0. The minimum Gasteiger partial charge on any atom is -0.294 e. The molecule has 0 spiro atoms. The largest absolute Gasteiger partial charge is 0.417 e. The second-order valence-electron chi connectivity index (χ2n) is 4.54. The maximum absolute atomic E-state index is 12.2. The first kappa shape index (κ1) is 22.9. The van der Waals surface area contributed by atoms with Crippen LogP contribution in [-0.4, -0.2) is 10.8 Å². The zero-order chi connectivity index (χ0) is 17.6. The van der Waals surface area contributed by atoms with Gasteiger partial charge in [0.15, 0.2) is 5.78 Å². The van der Waals surface area contributed by atoms with Crippen LogP contribution in [0, 0.1) is 0 Å². The molecule has 0 bridgehead atoms. The lowest BCUT2D eigenvalue weighted by Gasteiger charge is -2.09. The highest BCUT2D eigenvalue weighted by Gasteiger charge is 2.34. The summed E-state index contributed by atoms with van der Waals surface area (Å²) in [4.78, 5) is 14.2. The first-order valence-electron chi connectivity index (χ1n) is 7.86. The highest BCUT2D eigenvalue weighted by atomic mass is 19.4. The molecule has 0 N–H and O–H groups in total. The van der Waals surface area contributed by atoms with E-state index < -0.39 is 23.1 Å². The van der Waals surface area contributed by atoms with Gasteiger partial charge < -0.3 is 0 Å². The maximum Gasteiger partial charge on any atom is 0.417 e. The normalized spacial score (nSPS) is 10.0. The van der Waals surface area contributed by atoms with Crippen molar-refractivity contribution in [1.29, 1.82) is 0 Å². The molecule has 2 nitrogen and oxygen atoms in total.